The van der Waals surface area contributed by atoms with Crippen molar-refractivity contribution in [3.63, 3.8) is 0 Å². The molecular weight excluding hydrogens is 791 g/mol. The summed E-state index contributed by atoms with van der Waals surface area (Å²) in [5.74, 6) is -1.38. The van der Waals surface area contributed by atoms with Gasteiger partial charge in [-0.1, -0.05) is 18.5 Å². The van der Waals surface area contributed by atoms with Crippen LogP contribution < -0.4 is 15.8 Å². The number of sulfone groups is 1. The molecule has 2 aromatic carbocycles. The van der Waals surface area contributed by atoms with Crippen LogP contribution >= 0.6 is 11.6 Å². The largest absolute Gasteiger partial charge is 0.504 e. The number of fused-ring (bicyclic) bond motifs is 2. The number of nitrogens with zero attached hydrogens (tertiary/aromatic N) is 8. The van der Waals surface area contributed by atoms with Crippen molar-refractivity contribution in [3.05, 3.63) is 86.8 Å². The van der Waals surface area contributed by atoms with Gasteiger partial charge in [0.1, 0.15) is 18.6 Å². The molecule has 15 nitrogen and oxygen atoms in total. The van der Waals surface area contributed by atoms with E-state index in [1.807, 2.05) is 4.90 Å². The number of carbonyl (C=O) groups is 2. The SMILES string of the molecule is CCc1c(N2CCN(C(=O)c3ncnc(C)c3O)[C@H]3CC[C@@H]32)c(=O)n2nc(-c3ccc(S(=O)(=O)C4CC4)cc3)nc2n1CC(=O)Nc1ccc(C(F)(F)F)cc1Cl. The lowest BCUT2D eigenvalue weighted by Crippen LogP contribution is -2.67. The van der Waals surface area contributed by atoms with Crippen LogP contribution in [0.3, 0.4) is 0 Å². The average molecular weight is 826 g/mol. The smallest absolute Gasteiger partial charge is 0.416 e. The maximum Gasteiger partial charge on any atom is 0.416 e. The molecule has 4 heterocycles. The Hall–Kier alpha value is -5.56. The molecule has 57 heavy (non-hydrogen) atoms. The third-order valence-corrected chi connectivity index (χ3v) is 13.4. The number of halogens is 4. The van der Waals surface area contributed by atoms with Crippen molar-refractivity contribution in [2.24, 2.45) is 0 Å². The highest BCUT2D eigenvalue weighted by Crippen LogP contribution is 2.39. The first-order valence-corrected chi connectivity index (χ1v) is 20.1. The summed E-state index contributed by atoms with van der Waals surface area (Å²) in [5.41, 5.74) is -0.381. The number of aryl methyl sites for hydroxylation is 1. The highest BCUT2D eigenvalue weighted by molar-refractivity contribution is 7.92. The van der Waals surface area contributed by atoms with Crippen molar-refractivity contribution >= 4 is 50.4 Å². The number of hydrogen-bond donors (Lipinski definition) is 2. The molecule has 0 radical (unpaired) electrons. The first-order chi connectivity index (χ1) is 27.1. The lowest BCUT2D eigenvalue weighted by molar-refractivity contribution is -0.137. The number of hydrogen-bond acceptors (Lipinski definition) is 11. The number of rotatable bonds is 9. The fraction of sp³-hybridized carbons (Fsp3) is 0.378. The fourth-order valence-electron chi connectivity index (χ4n) is 7.54. The van der Waals surface area contributed by atoms with Gasteiger partial charge in [0.05, 0.1) is 43.8 Å². The average Bonchev–Trinajstić information content (AvgIpc) is 3.93. The third kappa shape index (κ3) is 6.75. The van der Waals surface area contributed by atoms with Gasteiger partial charge in [-0.25, -0.2) is 18.4 Å². The Balaban J connectivity index is 1.18. The highest BCUT2D eigenvalue weighted by Gasteiger charge is 2.47. The van der Waals surface area contributed by atoms with Gasteiger partial charge in [-0.15, -0.1) is 5.10 Å². The van der Waals surface area contributed by atoms with Gasteiger partial charge in [0.2, 0.25) is 11.7 Å². The van der Waals surface area contributed by atoms with E-state index in [2.05, 4.69) is 25.4 Å². The summed E-state index contributed by atoms with van der Waals surface area (Å²) in [4.78, 5) is 58.3. The second-order valence-electron chi connectivity index (χ2n) is 14.3. The highest BCUT2D eigenvalue weighted by atomic mass is 35.5. The molecule has 1 saturated heterocycles. The summed E-state index contributed by atoms with van der Waals surface area (Å²) in [7, 11) is -3.47. The quantitative estimate of drug-likeness (QED) is 0.211. The molecule has 0 bridgehead atoms. The topological polar surface area (TPSA) is 185 Å². The summed E-state index contributed by atoms with van der Waals surface area (Å²) in [6.45, 7) is 3.29. The van der Waals surface area contributed by atoms with E-state index in [9.17, 15) is 41.1 Å². The summed E-state index contributed by atoms with van der Waals surface area (Å²) < 4.78 is 68.2. The van der Waals surface area contributed by atoms with E-state index < -0.39 is 50.7 Å². The standard InChI is InChI=1S/C37H35ClF3N9O6S/c1-3-26-31(47-14-15-48(28-13-12-27(28)47)34(53)30-32(52)19(2)42-18-43-30)35(54)50-36(45-33(46-50)20-4-7-22(8-5-20)57(55,56)23-9-10-23)49(26)17-29(51)44-25-11-6-21(16-24(25)38)37(39,40)41/h4-8,11,16,18,23,27-28,52H,3,9-10,12-15,17H2,1-2H3,(H,44,51)/t27-,28-/m0/s1. The van der Waals surface area contributed by atoms with Crippen LogP contribution in [0.2, 0.25) is 5.02 Å². The van der Waals surface area contributed by atoms with Gasteiger partial charge < -0.3 is 24.8 Å². The first-order valence-electron chi connectivity index (χ1n) is 18.2. The molecule has 3 aliphatic rings. The van der Waals surface area contributed by atoms with Crippen LogP contribution in [0, 0.1) is 6.92 Å². The molecule has 2 amide bonds. The van der Waals surface area contributed by atoms with Crippen LogP contribution in [0.1, 0.15) is 60.0 Å². The minimum absolute atomic E-state index is 0.00692. The minimum Gasteiger partial charge on any atom is -0.504 e. The second-order valence-corrected chi connectivity index (χ2v) is 16.9. The lowest BCUT2D eigenvalue weighted by atomic mass is 9.81. The van der Waals surface area contributed by atoms with Crippen molar-refractivity contribution in [2.45, 2.75) is 80.9 Å². The second kappa shape index (κ2) is 14.1. The van der Waals surface area contributed by atoms with Crippen molar-refractivity contribution in [3.8, 4) is 17.1 Å². The monoisotopic (exact) mass is 825 g/mol. The third-order valence-electron chi connectivity index (χ3n) is 10.8. The van der Waals surface area contributed by atoms with Crippen LogP contribution in [0.15, 0.2) is 58.5 Å². The molecule has 298 valence electrons. The van der Waals surface area contributed by atoms with Gasteiger partial charge in [-0.2, -0.15) is 22.7 Å². The summed E-state index contributed by atoms with van der Waals surface area (Å²) in [5, 5.41) is 16.9. The molecule has 2 atom stereocenters. The van der Waals surface area contributed by atoms with E-state index in [1.54, 1.807) is 30.9 Å². The predicted molar refractivity (Wildman–Crippen MR) is 201 cm³/mol. The summed E-state index contributed by atoms with van der Waals surface area (Å²) in [6, 6.07) is 7.93. The number of benzene rings is 2. The van der Waals surface area contributed by atoms with Gasteiger partial charge in [0.15, 0.2) is 27.1 Å². The molecule has 5 aromatic rings. The summed E-state index contributed by atoms with van der Waals surface area (Å²) in [6.07, 6.45) is -0.767. The zero-order chi connectivity index (χ0) is 40.6. The predicted octanol–water partition coefficient (Wildman–Crippen LogP) is 4.66. The van der Waals surface area contributed by atoms with Gasteiger partial charge in [-0.3, -0.25) is 14.4 Å². The van der Waals surface area contributed by atoms with Crippen molar-refractivity contribution in [2.75, 3.05) is 23.3 Å². The number of alkyl halides is 3. The minimum atomic E-state index is -4.65. The van der Waals surface area contributed by atoms with Gasteiger partial charge >= 0.3 is 6.18 Å². The zero-order valence-corrected chi connectivity index (χ0v) is 32.1. The molecule has 2 saturated carbocycles. The van der Waals surface area contributed by atoms with Crippen LogP contribution in [-0.4, -0.2) is 89.8 Å². The van der Waals surface area contributed by atoms with Crippen LogP contribution in [0.5, 0.6) is 5.75 Å². The van der Waals surface area contributed by atoms with Crippen molar-refractivity contribution in [1.29, 1.82) is 0 Å². The Bertz CT molecular complexity index is 2630. The number of amides is 2. The maximum atomic E-state index is 14.6. The molecule has 0 spiro atoms. The van der Waals surface area contributed by atoms with Crippen LogP contribution in [0.25, 0.3) is 17.2 Å². The van der Waals surface area contributed by atoms with E-state index >= 15 is 0 Å². The molecule has 3 fully saturated rings. The van der Waals surface area contributed by atoms with E-state index in [0.717, 1.165) is 16.6 Å². The van der Waals surface area contributed by atoms with Crippen molar-refractivity contribution in [1.82, 2.24) is 34.0 Å². The zero-order valence-electron chi connectivity index (χ0n) is 30.5. The molecule has 0 unspecified atom stereocenters. The first kappa shape index (κ1) is 38.3. The molecule has 1 aliphatic heterocycles. The molecule has 8 rings (SSSR count). The molecule has 20 heteroatoms. The van der Waals surface area contributed by atoms with Crippen LogP contribution in [-0.2, 0) is 33.8 Å². The number of nitrogens with one attached hydrogen (secondary N) is 1. The fourth-order valence-corrected chi connectivity index (χ4v) is 9.43. The molecule has 2 N–H and O–H groups in total. The number of aromatic hydroxyl groups is 1. The number of anilines is 2. The maximum absolute atomic E-state index is 14.6. The lowest BCUT2D eigenvalue weighted by Gasteiger charge is -2.54. The number of aromatic nitrogens is 6. The molecule has 3 aromatic heterocycles. The Labute approximate surface area is 328 Å². The summed E-state index contributed by atoms with van der Waals surface area (Å²) >= 11 is 6.16. The van der Waals surface area contributed by atoms with Gasteiger partial charge in [-0.05, 0) is 81.5 Å². The van der Waals surface area contributed by atoms with E-state index in [4.69, 9.17) is 11.6 Å². The Morgan fingerprint density at radius 1 is 1.02 bits per heavy atom. The normalized spacial score (nSPS) is 18.4. The molecule has 2 aliphatic carbocycles. The van der Waals surface area contributed by atoms with Gasteiger partial charge in [0, 0.05) is 24.7 Å². The van der Waals surface area contributed by atoms with E-state index in [1.165, 1.54) is 23.0 Å². The van der Waals surface area contributed by atoms with E-state index in [-0.39, 0.29) is 81.6 Å². The van der Waals surface area contributed by atoms with Crippen LogP contribution in [0.4, 0.5) is 24.5 Å². The molecular formula is C37H35ClF3N9O6S. The van der Waals surface area contributed by atoms with Gasteiger partial charge in [0.25, 0.3) is 11.5 Å². The Kier molecular flexibility index (Phi) is 9.49. The Morgan fingerprint density at radius 2 is 1.74 bits per heavy atom. The van der Waals surface area contributed by atoms with E-state index in [0.29, 0.717) is 43.0 Å². The number of piperazine rings is 1. The van der Waals surface area contributed by atoms with Crippen molar-refractivity contribution < 1.29 is 36.3 Å². The number of carbonyl (C=O) groups excluding carboxylic acids is 2. The Morgan fingerprint density at radius 3 is 2.37 bits per heavy atom.